The summed E-state index contributed by atoms with van der Waals surface area (Å²) < 4.78 is 0. The summed E-state index contributed by atoms with van der Waals surface area (Å²) in [7, 11) is 0. The minimum absolute atomic E-state index is 0.179. The van der Waals surface area contributed by atoms with E-state index in [-0.39, 0.29) is 6.04 Å². The fourth-order valence-electron chi connectivity index (χ4n) is 8.68. The lowest BCUT2D eigenvalue weighted by molar-refractivity contribution is 0.807. The first-order valence-electron chi connectivity index (χ1n) is 18.2. The second kappa shape index (κ2) is 12.4. The maximum atomic E-state index is 4.39. The molecule has 1 unspecified atom stereocenters. The molecular formula is C50H36N2. The lowest BCUT2D eigenvalue weighted by Gasteiger charge is -2.33. The van der Waals surface area contributed by atoms with Crippen molar-refractivity contribution >= 4 is 39.1 Å². The number of aryl methyl sites for hydroxylation is 1. The predicted octanol–water partition coefficient (Wildman–Crippen LogP) is 13.4. The highest BCUT2D eigenvalue weighted by molar-refractivity contribution is 6.28. The van der Waals surface area contributed by atoms with E-state index in [2.05, 4.69) is 187 Å². The Bertz CT molecular complexity index is 2630. The highest BCUT2D eigenvalue weighted by Crippen LogP contribution is 2.58. The fraction of sp³-hybridized carbons (Fsp3) is 0.0600. The molecule has 1 heterocycles. The molecule has 2 heteroatoms. The fourth-order valence-corrected chi connectivity index (χ4v) is 8.68. The Balaban J connectivity index is 1.23. The van der Waals surface area contributed by atoms with E-state index in [9.17, 15) is 0 Å². The molecule has 2 nitrogen and oxygen atoms in total. The minimum Gasteiger partial charge on any atom is -0.334 e. The van der Waals surface area contributed by atoms with Crippen molar-refractivity contribution in [2.24, 2.45) is 4.99 Å². The van der Waals surface area contributed by atoms with Crippen molar-refractivity contribution in [3.8, 4) is 55.6 Å². The second-order valence-corrected chi connectivity index (χ2v) is 13.8. The van der Waals surface area contributed by atoms with E-state index >= 15 is 0 Å². The van der Waals surface area contributed by atoms with Crippen LogP contribution in [0.2, 0.25) is 0 Å². The van der Waals surface area contributed by atoms with Crippen LogP contribution < -0.4 is 4.90 Å². The van der Waals surface area contributed by atoms with E-state index in [4.69, 9.17) is 0 Å². The lowest BCUT2D eigenvalue weighted by atomic mass is 9.82. The van der Waals surface area contributed by atoms with Crippen LogP contribution in [0.3, 0.4) is 0 Å². The summed E-state index contributed by atoms with van der Waals surface area (Å²) in [6, 6.07) is 60.5. The molecule has 0 fully saturated rings. The summed E-state index contributed by atoms with van der Waals surface area (Å²) in [5.74, 6) is 0. The third kappa shape index (κ3) is 4.76. The maximum absolute atomic E-state index is 4.39. The molecule has 2 aliphatic rings. The molecule has 1 aliphatic carbocycles. The number of fused-ring (bicyclic) bond motifs is 4. The van der Waals surface area contributed by atoms with Crippen molar-refractivity contribution in [2.45, 2.75) is 19.4 Å². The van der Waals surface area contributed by atoms with Crippen LogP contribution in [0, 0.1) is 6.92 Å². The monoisotopic (exact) mass is 664 g/mol. The average Bonchev–Trinajstić information content (AvgIpc) is 3.54. The van der Waals surface area contributed by atoms with Gasteiger partial charge in [0.2, 0.25) is 0 Å². The van der Waals surface area contributed by atoms with Crippen LogP contribution in [-0.4, -0.2) is 12.3 Å². The summed E-state index contributed by atoms with van der Waals surface area (Å²) in [5.41, 5.74) is 16.4. The first-order chi connectivity index (χ1) is 25.8. The first kappa shape index (κ1) is 30.3. The van der Waals surface area contributed by atoms with Gasteiger partial charge in [-0.1, -0.05) is 146 Å². The van der Waals surface area contributed by atoms with Gasteiger partial charge in [-0.15, -0.1) is 0 Å². The average molecular weight is 665 g/mol. The zero-order valence-corrected chi connectivity index (χ0v) is 29.0. The number of rotatable bonds is 6. The van der Waals surface area contributed by atoms with Gasteiger partial charge in [-0.2, -0.15) is 0 Å². The molecule has 1 aliphatic heterocycles. The van der Waals surface area contributed by atoms with E-state index in [0.29, 0.717) is 0 Å². The van der Waals surface area contributed by atoms with Crippen LogP contribution in [0.4, 0.5) is 11.4 Å². The van der Waals surface area contributed by atoms with E-state index < -0.39 is 0 Å². The number of benzene rings is 8. The van der Waals surface area contributed by atoms with Gasteiger partial charge in [0.05, 0.1) is 6.04 Å². The predicted molar refractivity (Wildman–Crippen MR) is 222 cm³/mol. The zero-order chi connectivity index (χ0) is 34.6. The van der Waals surface area contributed by atoms with Gasteiger partial charge < -0.3 is 4.90 Å². The van der Waals surface area contributed by atoms with Gasteiger partial charge in [0, 0.05) is 30.2 Å². The minimum atomic E-state index is 0.179. The van der Waals surface area contributed by atoms with Crippen LogP contribution in [0.25, 0.3) is 77.2 Å². The number of aliphatic imine (C=N–C) groups is 1. The van der Waals surface area contributed by atoms with E-state index in [0.717, 1.165) is 6.42 Å². The second-order valence-electron chi connectivity index (χ2n) is 13.8. The Labute approximate surface area is 304 Å². The van der Waals surface area contributed by atoms with Crippen LogP contribution in [0.5, 0.6) is 0 Å². The van der Waals surface area contributed by atoms with Crippen LogP contribution in [0.15, 0.2) is 181 Å². The molecule has 0 N–H and O–H groups in total. The molecule has 0 saturated heterocycles. The smallest absolute Gasteiger partial charge is 0.0589 e. The van der Waals surface area contributed by atoms with Gasteiger partial charge in [0.25, 0.3) is 0 Å². The summed E-state index contributed by atoms with van der Waals surface area (Å²) in [6.07, 6.45) is 7.03. The molecular weight excluding hydrogens is 629 g/mol. The molecule has 8 aromatic carbocycles. The van der Waals surface area contributed by atoms with Crippen molar-refractivity contribution < 1.29 is 0 Å². The van der Waals surface area contributed by atoms with Gasteiger partial charge in [-0.3, -0.25) is 4.99 Å². The molecule has 246 valence electrons. The standard InChI is InChI=1S/C50H36N2/c1-33-14-8-11-25-45(33)52(37-28-30-51-31-29-37)38-20-12-19-36(32-38)39-26-27-44-48-40(39)23-13-24-43(48)49-46(34-15-4-2-5-16-34)41-21-9-10-22-42(41)47(50(44)49)35-17-6-3-7-18-35/h2-28,30-32,37H,29H2,1H3. The zero-order valence-electron chi connectivity index (χ0n) is 29.0. The van der Waals surface area contributed by atoms with E-state index in [1.165, 1.54) is 94.1 Å². The van der Waals surface area contributed by atoms with Crippen molar-refractivity contribution in [1.29, 1.82) is 0 Å². The van der Waals surface area contributed by atoms with Crippen molar-refractivity contribution in [3.05, 3.63) is 182 Å². The Morgan fingerprint density at radius 3 is 1.75 bits per heavy atom. The molecule has 0 spiro atoms. The van der Waals surface area contributed by atoms with E-state index in [1.54, 1.807) is 0 Å². The molecule has 52 heavy (non-hydrogen) atoms. The SMILES string of the molecule is Cc1ccccc1N(c1cccc(-c2ccc3c4c(cccc24)-c2c-3c(-c3ccccc3)c3ccccc3c2-c2ccccc2)c1)C1C=CN=CC1. The molecule has 8 aromatic rings. The van der Waals surface area contributed by atoms with Gasteiger partial charge in [0.1, 0.15) is 0 Å². The molecule has 0 radical (unpaired) electrons. The van der Waals surface area contributed by atoms with Crippen molar-refractivity contribution in [1.82, 2.24) is 0 Å². The summed E-state index contributed by atoms with van der Waals surface area (Å²) in [6.45, 7) is 2.20. The van der Waals surface area contributed by atoms with Gasteiger partial charge in [0.15, 0.2) is 0 Å². The van der Waals surface area contributed by atoms with Gasteiger partial charge >= 0.3 is 0 Å². The third-order valence-corrected chi connectivity index (χ3v) is 10.9. The molecule has 10 rings (SSSR count). The Morgan fingerprint density at radius 2 is 1.08 bits per heavy atom. The van der Waals surface area contributed by atoms with Gasteiger partial charge in [-0.25, -0.2) is 0 Å². The first-order valence-corrected chi connectivity index (χ1v) is 18.2. The summed E-state index contributed by atoms with van der Waals surface area (Å²) >= 11 is 0. The highest BCUT2D eigenvalue weighted by Gasteiger charge is 2.31. The number of para-hydroxylation sites is 1. The molecule has 1 atom stereocenters. The van der Waals surface area contributed by atoms with Crippen LogP contribution >= 0.6 is 0 Å². The Hall–Kier alpha value is -6.51. The Kier molecular flexibility index (Phi) is 7.21. The summed E-state index contributed by atoms with van der Waals surface area (Å²) in [4.78, 5) is 6.87. The van der Waals surface area contributed by atoms with Crippen molar-refractivity contribution in [3.63, 3.8) is 0 Å². The maximum Gasteiger partial charge on any atom is 0.0589 e. The molecule has 0 aromatic heterocycles. The largest absolute Gasteiger partial charge is 0.334 e. The normalized spacial score (nSPS) is 14.2. The highest BCUT2D eigenvalue weighted by atomic mass is 15.2. The number of nitrogens with zero attached hydrogens (tertiary/aromatic N) is 2. The summed E-state index contributed by atoms with van der Waals surface area (Å²) in [5, 5.41) is 5.16. The lowest BCUT2D eigenvalue weighted by Crippen LogP contribution is -2.31. The Morgan fingerprint density at radius 1 is 0.500 bits per heavy atom. The topological polar surface area (TPSA) is 15.6 Å². The number of hydrogen-bond donors (Lipinski definition) is 0. The molecule has 0 bridgehead atoms. The number of anilines is 2. The van der Waals surface area contributed by atoms with Gasteiger partial charge in [-0.05, 0) is 114 Å². The van der Waals surface area contributed by atoms with Crippen molar-refractivity contribution in [2.75, 3.05) is 4.90 Å². The van der Waals surface area contributed by atoms with Crippen LogP contribution in [-0.2, 0) is 0 Å². The quantitative estimate of drug-likeness (QED) is 0.173. The molecule has 0 amide bonds. The van der Waals surface area contributed by atoms with E-state index in [1.807, 2.05) is 12.4 Å². The molecule has 0 saturated carbocycles. The number of hydrogen-bond acceptors (Lipinski definition) is 2. The van der Waals surface area contributed by atoms with Crippen LogP contribution in [0.1, 0.15) is 12.0 Å². The third-order valence-electron chi connectivity index (χ3n) is 10.9.